The zero-order valence-corrected chi connectivity index (χ0v) is 14.8. The molecule has 1 N–H and O–H groups in total. The van der Waals surface area contributed by atoms with Crippen LogP contribution in [0, 0.1) is 5.92 Å². The summed E-state index contributed by atoms with van der Waals surface area (Å²) in [5.41, 5.74) is 1.40. The van der Waals surface area contributed by atoms with Crippen LogP contribution >= 0.6 is 23.2 Å². The third-order valence-corrected chi connectivity index (χ3v) is 4.59. The van der Waals surface area contributed by atoms with E-state index in [1.807, 2.05) is 18.2 Å². The molecule has 1 aromatic carbocycles. The fourth-order valence-corrected chi connectivity index (χ4v) is 3.24. The molecule has 0 bridgehead atoms. The molecule has 1 aromatic rings. The molecule has 1 atom stereocenters. The van der Waals surface area contributed by atoms with Gasteiger partial charge in [0.05, 0.1) is 0 Å². The molecule has 1 heterocycles. The molecule has 0 saturated carbocycles. The second-order valence-electron chi connectivity index (χ2n) is 7.07. The average molecular weight is 329 g/mol. The third-order valence-electron chi connectivity index (χ3n) is 4.00. The highest BCUT2D eigenvalue weighted by molar-refractivity contribution is 6.35. The Bertz CT molecular complexity index is 468. The van der Waals surface area contributed by atoms with Crippen LogP contribution in [0.25, 0.3) is 0 Å². The summed E-state index contributed by atoms with van der Waals surface area (Å²) in [6.45, 7) is 11.2. The van der Waals surface area contributed by atoms with Gasteiger partial charge in [0, 0.05) is 28.7 Å². The Balaban J connectivity index is 1.75. The minimum atomic E-state index is 0.213. The number of rotatable bonds is 5. The van der Waals surface area contributed by atoms with Gasteiger partial charge >= 0.3 is 0 Å². The smallest absolute Gasteiger partial charge is 0.0453 e. The van der Waals surface area contributed by atoms with Crippen LogP contribution in [0.2, 0.25) is 10.0 Å². The van der Waals surface area contributed by atoms with Crippen LogP contribution in [0.3, 0.4) is 0 Å². The number of nitrogens with one attached hydrogen (secondary N) is 1. The Kier molecular flexibility index (Phi) is 5.96. The largest absolute Gasteiger partial charge is 0.312 e. The Morgan fingerprint density at radius 2 is 2.05 bits per heavy atom. The number of hydrogen-bond donors (Lipinski definition) is 1. The van der Waals surface area contributed by atoms with E-state index >= 15 is 0 Å². The van der Waals surface area contributed by atoms with Crippen LogP contribution < -0.4 is 5.32 Å². The van der Waals surface area contributed by atoms with Crippen molar-refractivity contribution in [3.05, 3.63) is 33.8 Å². The van der Waals surface area contributed by atoms with E-state index in [0.29, 0.717) is 5.02 Å². The summed E-state index contributed by atoms with van der Waals surface area (Å²) < 4.78 is 0. The molecular weight excluding hydrogens is 303 g/mol. The molecule has 1 aliphatic heterocycles. The quantitative estimate of drug-likeness (QED) is 0.869. The van der Waals surface area contributed by atoms with Crippen molar-refractivity contribution in [1.29, 1.82) is 0 Å². The Labute approximate surface area is 138 Å². The highest BCUT2D eigenvalue weighted by Gasteiger charge is 2.23. The van der Waals surface area contributed by atoms with Crippen LogP contribution in [0.1, 0.15) is 32.8 Å². The van der Waals surface area contributed by atoms with E-state index in [1.165, 1.54) is 25.1 Å². The highest BCUT2D eigenvalue weighted by atomic mass is 35.5. The zero-order chi connectivity index (χ0) is 15.5. The molecule has 0 amide bonds. The van der Waals surface area contributed by atoms with E-state index in [9.17, 15) is 0 Å². The van der Waals surface area contributed by atoms with Crippen molar-refractivity contribution in [2.24, 2.45) is 5.92 Å². The Hall–Kier alpha value is -0.280. The van der Waals surface area contributed by atoms with Gasteiger partial charge in [0.15, 0.2) is 0 Å². The number of nitrogens with zero attached hydrogens (tertiary/aromatic N) is 1. The molecule has 2 nitrogen and oxygen atoms in total. The lowest BCUT2D eigenvalue weighted by Gasteiger charge is -2.23. The standard InChI is InChI=1S/C17H26Cl2N2/c1-17(2,3)20-11-13-6-8-21(12-13)9-7-14-4-5-15(18)10-16(14)19/h4-5,10,13,20H,6-9,11-12H2,1-3H3. The molecule has 0 aromatic heterocycles. The molecule has 2 rings (SSSR count). The Morgan fingerprint density at radius 1 is 1.29 bits per heavy atom. The highest BCUT2D eigenvalue weighted by Crippen LogP contribution is 2.23. The van der Waals surface area contributed by atoms with E-state index in [4.69, 9.17) is 23.2 Å². The molecule has 0 radical (unpaired) electrons. The van der Waals surface area contributed by atoms with E-state index in [-0.39, 0.29) is 5.54 Å². The first-order valence-corrected chi connectivity index (χ1v) is 8.50. The minimum Gasteiger partial charge on any atom is -0.312 e. The van der Waals surface area contributed by atoms with Crippen LogP contribution in [0.15, 0.2) is 18.2 Å². The lowest BCUT2D eigenvalue weighted by molar-refractivity contribution is 0.315. The first kappa shape index (κ1) is 17.1. The second kappa shape index (κ2) is 7.32. The van der Waals surface area contributed by atoms with Crippen molar-refractivity contribution in [3.63, 3.8) is 0 Å². The molecule has 1 fully saturated rings. The van der Waals surface area contributed by atoms with Gasteiger partial charge in [-0.2, -0.15) is 0 Å². The molecule has 0 aliphatic carbocycles. The predicted octanol–water partition coefficient (Wildman–Crippen LogP) is 4.25. The molecular formula is C17H26Cl2N2. The Morgan fingerprint density at radius 3 is 2.71 bits per heavy atom. The first-order chi connectivity index (χ1) is 9.83. The predicted molar refractivity (Wildman–Crippen MR) is 92.5 cm³/mol. The van der Waals surface area contributed by atoms with Crippen LogP contribution in [0.5, 0.6) is 0 Å². The number of likely N-dealkylation sites (tertiary alicyclic amines) is 1. The molecule has 21 heavy (non-hydrogen) atoms. The fraction of sp³-hybridized carbons (Fsp3) is 0.647. The normalized spacial score (nSPS) is 20.1. The zero-order valence-electron chi connectivity index (χ0n) is 13.3. The fourth-order valence-electron chi connectivity index (χ4n) is 2.74. The lowest BCUT2D eigenvalue weighted by atomic mass is 10.1. The van der Waals surface area contributed by atoms with Gasteiger partial charge in [-0.15, -0.1) is 0 Å². The van der Waals surface area contributed by atoms with E-state index in [0.717, 1.165) is 30.5 Å². The monoisotopic (exact) mass is 328 g/mol. The van der Waals surface area contributed by atoms with Crippen molar-refractivity contribution in [3.8, 4) is 0 Å². The number of hydrogen-bond acceptors (Lipinski definition) is 2. The van der Waals surface area contributed by atoms with Crippen molar-refractivity contribution in [1.82, 2.24) is 10.2 Å². The summed E-state index contributed by atoms with van der Waals surface area (Å²) >= 11 is 12.2. The summed E-state index contributed by atoms with van der Waals surface area (Å²) in [4.78, 5) is 2.54. The van der Waals surface area contributed by atoms with Gasteiger partial charge < -0.3 is 10.2 Å². The molecule has 118 valence electrons. The van der Waals surface area contributed by atoms with Gasteiger partial charge in [0.2, 0.25) is 0 Å². The maximum atomic E-state index is 6.23. The number of benzene rings is 1. The van der Waals surface area contributed by atoms with Crippen molar-refractivity contribution < 1.29 is 0 Å². The van der Waals surface area contributed by atoms with Gasteiger partial charge in [-0.3, -0.25) is 0 Å². The number of halogens is 2. The molecule has 1 saturated heterocycles. The van der Waals surface area contributed by atoms with Gasteiger partial charge in [0.1, 0.15) is 0 Å². The maximum absolute atomic E-state index is 6.23. The summed E-state index contributed by atoms with van der Waals surface area (Å²) in [5, 5.41) is 5.10. The summed E-state index contributed by atoms with van der Waals surface area (Å²) in [6.07, 6.45) is 2.28. The van der Waals surface area contributed by atoms with E-state index < -0.39 is 0 Å². The molecule has 1 aliphatic rings. The van der Waals surface area contributed by atoms with Crippen LogP contribution in [-0.4, -0.2) is 36.6 Å². The van der Waals surface area contributed by atoms with Crippen molar-refractivity contribution in [2.45, 2.75) is 39.2 Å². The van der Waals surface area contributed by atoms with E-state index in [2.05, 4.69) is 31.0 Å². The summed E-state index contributed by atoms with van der Waals surface area (Å²) in [6, 6.07) is 5.79. The first-order valence-electron chi connectivity index (χ1n) is 7.75. The molecule has 4 heteroatoms. The van der Waals surface area contributed by atoms with Gasteiger partial charge in [-0.25, -0.2) is 0 Å². The lowest BCUT2D eigenvalue weighted by Crippen LogP contribution is -2.39. The van der Waals surface area contributed by atoms with Crippen LogP contribution in [-0.2, 0) is 6.42 Å². The average Bonchev–Trinajstić information content (AvgIpc) is 2.82. The van der Waals surface area contributed by atoms with Crippen LogP contribution in [0.4, 0.5) is 0 Å². The molecule has 1 unspecified atom stereocenters. The molecule has 0 spiro atoms. The van der Waals surface area contributed by atoms with Crippen molar-refractivity contribution >= 4 is 23.2 Å². The van der Waals surface area contributed by atoms with Crippen molar-refractivity contribution in [2.75, 3.05) is 26.2 Å². The maximum Gasteiger partial charge on any atom is 0.0453 e. The van der Waals surface area contributed by atoms with Gasteiger partial charge in [-0.1, -0.05) is 29.3 Å². The SMILES string of the molecule is CC(C)(C)NCC1CCN(CCc2ccc(Cl)cc2Cl)C1. The van der Waals surface area contributed by atoms with Gasteiger partial charge in [-0.05, 0) is 70.3 Å². The minimum absolute atomic E-state index is 0.213. The summed E-state index contributed by atoms with van der Waals surface area (Å²) in [5.74, 6) is 0.768. The topological polar surface area (TPSA) is 15.3 Å². The van der Waals surface area contributed by atoms with E-state index in [1.54, 1.807) is 0 Å². The third kappa shape index (κ3) is 5.78. The summed E-state index contributed by atoms with van der Waals surface area (Å²) in [7, 11) is 0. The van der Waals surface area contributed by atoms with Gasteiger partial charge in [0.25, 0.3) is 0 Å². The second-order valence-corrected chi connectivity index (χ2v) is 7.92.